The van der Waals surface area contributed by atoms with Crippen molar-refractivity contribution >= 4 is 34.8 Å². The summed E-state index contributed by atoms with van der Waals surface area (Å²) in [5.74, 6) is -0.406. The summed E-state index contributed by atoms with van der Waals surface area (Å²) in [5.41, 5.74) is 3.87. The molecule has 0 radical (unpaired) electrons. The van der Waals surface area contributed by atoms with Crippen LogP contribution in [-0.2, 0) is 4.79 Å². The summed E-state index contributed by atoms with van der Waals surface area (Å²) >= 11 is 0. The number of carbonyl (C=O) groups excluding carboxylic acids is 3. The summed E-state index contributed by atoms with van der Waals surface area (Å²) in [5, 5.41) is 8.55. The Balaban J connectivity index is 1.49. The van der Waals surface area contributed by atoms with E-state index in [4.69, 9.17) is 4.42 Å². The van der Waals surface area contributed by atoms with Crippen molar-refractivity contribution in [3.63, 3.8) is 0 Å². The lowest BCUT2D eigenvalue weighted by molar-refractivity contribution is -0.117. The molecule has 1 aliphatic rings. The van der Waals surface area contributed by atoms with Crippen LogP contribution in [-0.4, -0.2) is 17.7 Å². The van der Waals surface area contributed by atoms with Crippen LogP contribution in [0.3, 0.4) is 0 Å². The molecule has 1 aliphatic carbocycles. The molecule has 1 heterocycles. The predicted molar refractivity (Wildman–Crippen MR) is 118 cm³/mol. The quantitative estimate of drug-likeness (QED) is 0.539. The SMILES string of the molecule is Cc1ccc(NC(=O)C2CC2)cc1NC(=O)c1ccc(C)c(NC(=O)c2ccco2)c1. The third kappa shape index (κ3) is 4.83. The molecular formula is C24H23N3O4. The minimum absolute atomic E-state index is 0.0107. The number of benzene rings is 2. The van der Waals surface area contributed by atoms with Gasteiger partial charge in [0.2, 0.25) is 5.91 Å². The average Bonchev–Trinajstić information content (AvgIpc) is 3.46. The smallest absolute Gasteiger partial charge is 0.291 e. The van der Waals surface area contributed by atoms with Gasteiger partial charge in [-0.15, -0.1) is 0 Å². The van der Waals surface area contributed by atoms with Gasteiger partial charge < -0.3 is 20.4 Å². The average molecular weight is 417 g/mol. The first-order chi connectivity index (χ1) is 14.9. The first kappa shape index (κ1) is 20.4. The fourth-order valence-corrected chi connectivity index (χ4v) is 3.11. The van der Waals surface area contributed by atoms with E-state index < -0.39 is 0 Å². The van der Waals surface area contributed by atoms with E-state index in [1.807, 2.05) is 26.0 Å². The van der Waals surface area contributed by atoms with Crippen LogP contribution in [0.25, 0.3) is 0 Å². The van der Waals surface area contributed by atoms with Crippen LogP contribution in [0.4, 0.5) is 17.1 Å². The van der Waals surface area contributed by atoms with Crippen molar-refractivity contribution in [3.8, 4) is 0 Å². The third-order valence-electron chi connectivity index (χ3n) is 5.19. The van der Waals surface area contributed by atoms with Crippen molar-refractivity contribution in [1.82, 2.24) is 0 Å². The van der Waals surface area contributed by atoms with Gasteiger partial charge in [-0.3, -0.25) is 14.4 Å². The second-order valence-corrected chi connectivity index (χ2v) is 7.71. The molecule has 1 aromatic heterocycles. The van der Waals surface area contributed by atoms with Gasteiger partial charge in [0.05, 0.1) is 6.26 Å². The zero-order chi connectivity index (χ0) is 22.0. The highest BCUT2D eigenvalue weighted by Gasteiger charge is 2.29. The monoisotopic (exact) mass is 417 g/mol. The molecule has 2 aromatic carbocycles. The maximum absolute atomic E-state index is 12.9. The Morgan fingerprint density at radius 2 is 1.52 bits per heavy atom. The van der Waals surface area contributed by atoms with Gasteiger partial charge in [0.1, 0.15) is 0 Å². The maximum Gasteiger partial charge on any atom is 0.291 e. The molecule has 158 valence electrons. The maximum atomic E-state index is 12.9. The molecule has 0 spiro atoms. The van der Waals surface area contributed by atoms with E-state index in [2.05, 4.69) is 16.0 Å². The Bertz CT molecular complexity index is 1150. The zero-order valence-corrected chi connectivity index (χ0v) is 17.3. The zero-order valence-electron chi connectivity index (χ0n) is 17.3. The number of rotatable bonds is 6. The van der Waals surface area contributed by atoms with Gasteiger partial charge in [-0.1, -0.05) is 12.1 Å². The van der Waals surface area contributed by atoms with Gasteiger partial charge in [0.15, 0.2) is 5.76 Å². The van der Waals surface area contributed by atoms with Gasteiger partial charge in [0, 0.05) is 28.5 Å². The van der Waals surface area contributed by atoms with Crippen LogP contribution in [0.1, 0.15) is 44.9 Å². The molecule has 3 aromatic rings. The van der Waals surface area contributed by atoms with Crippen LogP contribution in [0, 0.1) is 19.8 Å². The summed E-state index contributed by atoms with van der Waals surface area (Å²) in [6.07, 6.45) is 3.27. The van der Waals surface area contributed by atoms with Crippen LogP contribution in [0.5, 0.6) is 0 Å². The number of hydrogen-bond acceptors (Lipinski definition) is 4. The van der Waals surface area contributed by atoms with E-state index in [-0.39, 0.29) is 29.4 Å². The van der Waals surface area contributed by atoms with Crippen LogP contribution in [0.2, 0.25) is 0 Å². The summed E-state index contributed by atoms with van der Waals surface area (Å²) in [7, 11) is 0. The first-order valence-electron chi connectivity index (χ1n) is 10.1. The molecule has 1 saturated carbocycles. The number of amides is 3. The lowest BCUT2D eigenvalue weighted by atomic mass is 10.1. The van der Waals surface area contributed by atoms with Crippen LogP contribution < -0.4 is 16.0 Å². The molecule has 0 aliphatic heterocycles. The van der Waals surface area contributed by atoms with Gasteiger partial charge in [-0.05, 0) is 74.2 Å². The topological polar surface area (TPSA) is 100 Å². The molecule has 0 bridgehead atoms. The standard InChI is InChI=1S/C24H23N3O4/c1-14-5-7-17(12-19(14)27-24(30)21-4-3-11-31-21)23(29)26-20-13-18(10-6-15(20)2)25-22(28)16-8-9-16/h3-7,10-13,16H,8-9H2,1-2H3,(H,25,28)(H,26,29)(H,27,30). The third-order valence-corrected chi connectivity index (χ3v) is 5.19. The summed E-state index contributed by atoms with van der Waals surface area (Å²) in [6, 6.07) is 13.7. The second-order valence-electron chi connectivity index (χ2n) is 7.71. The van der Waals surface area contributed by atoms with E-state index in [9.17, 15) is 14.4 Å². The minimum atomic E-state index is -0.388. The summed E-state index contributed by atoms with van der Waals surface area (Å²) in [6.45, 7) is 3.72. The van der Waals surface area contributed by atoms with Crippen molar-refractivity contribution in [2.45, 2.75) is 26.7 Å². The minimum Gasteiger partial charge on any atom is -0.459 e. The molecule has 31 heavy (non-hydrogen) atoms. The van der Waals surface area contributed by atoms with E-state index >= 15 is 0 Å². The van der Waals surface area contributed by atoms with Crippen molar-refractivity contribution in [2.24, 2.45) is 5.92 Å². The fraction of sp³-hybridized carbons (Fsp3) is 0.208. The number of aryl methyl sites for hydroxylation is 2. The Morgan fingerprint density at radius 1 is 0.839 bits per heavy atom. The van der Waals surface area contributed by atoms with E-state index in [0.29, 0.717) is 22.6 Å². The normalized spacial score (nSPS) is 12.8. The van der Waals surface area contributed by atoms with Crippen LogP contribution >= 0.6 is 0 Å². The Kier molecular flexibility index (Phi) is 5.58. The second kappa shape index (κ2) is 8.47. The predicted octanol–water partition coefficient (Wildman–Crippen LogP) is 4.75. The van der Waals surface area contributed by atoms with Crippen molar-refractivity contribution < 1.29 is 18.8 Å². The lowest BCUT2D eigenvalue weighted by Gasteiger charge is -2.13. The van der Waals surface area contributed by atoms with Crippen molar-refractivity contribution in [2.75, 3.05) is 16.0 Å². The molecule has 4 rings (SSSR count). The van der Waals surface area contributed by atoms with Gasteiger partial charge in [-0.25, -0.2) is 0 Å². The highest BCUT2D eigenvalue weighted by molar-refractivity contribution is 6.07. The van der Waals surface area contributed by atoms with E-state index in [1.165, 1.54) is 6.26 Å². The highest BCUT2D eigenvalue weighted by Crippen LogP contribution is 2.31. The van der Waals surface area contributed by atoms with Gasteiger partial charge in [0.25, 0.3) is 11.8 Å². The molecule has 7 nitrogen and oxygen atoms in total. The molecule has 0 unspecified atom stereocenters. The van der Waals surface area contributed by atoms with Crippen molar-refractivity contribution in [3.05, 3.63) is 77.2 Å². The van der Waals surface area contributed by atoms with Gasteiger partial charge >= 0.3 is 0 Å². The molecule has 1 fully saturated rings. The van der Waals surface area contributed by atoms with E-state index in [1.54, 1.807) is 36.4 Å². The highest BCUT2D eigenvalue weighted by atomic mass is 16.3. The number of hydrogen-bond donors (Lipinski definition) is 3. The van der Waals surface area contributed by atoms with Gasteiger partial charge in [-0.2, -0.15) is 0 Å². The molecule has 0 saturated heterocycles. The molecule has 0 atom stereocenters. The lowest BCUT2D eigenvalue weighted by Crippen LogP contribution is -2.16. The van der Waals surface area contributed by atoms with Crippen molar-refractivity contribution in [1.29, 1.82) is 0 Å². The Hall–Kier alpha value is -3.87. The Morgan fingerprint density at radius 3 is 2.19 bits per heavy atom. The first-order valence-corrected chi connectivity index (χ1v) is 10.1. The number of anilines is 3. The number of furan rings is 1. The van der Waals surface area contributed by atoms with E-state index in [0.717, 1.165) is 24.0 Å². The van der Waals surface area contributed by atoms with Crippen LogP contribution in [0.15, 0.2) is 59.2 Å². The largest absolute Gasteiger partial charge is 0.459 e. The molecule has 3 N–H and O–H groups in total. The number of carbonyl (C=O) groups is 3. The Labute approximate surface area is 179 Å². The molecular weight excluding hydrogens is 394 g/mol. The molecule has 7 heteroatoms. The molecule has 3 amide bonds. The number of nitrogens with one attached hydrogen (secondary N) is 3. The summed E-state index contributed by atoms with van der Waals surface area (Å²) < 4.78 is 5.11. The fourth-order valence-electron chi connectivity index (χ4n) is 3.11. The summed E-state index contributed by atoms with van der Waals surface area (Å²) in [4.78, 5) is 37.2.